The number of rotatable bonds is 46. The van der Waals surface area contributed by atoms with Gasteiger partial charge in [-0.05, 0) is 12.8 Å². The van der Waals surface area contributed by atoms with Gasteiger partial charge in [-0.2, -0.15) is 0 Å². The van der Waals surface area contributed by atoms with E-state index in [0.717, 1.165) is 25.7 Å². The Labute approximate surface area is 338 Å². The molecule has 0 heterocycles. The summed E-state index contributed by atoms with van der Waals surface area (Å²) in [5.41, 5.74) is 0. The predicted molar refractivity (Wildman–Crippen MR) is 236 cm³/mol. The first-order valence-electron chi connectivity index (χ1n) is 24.8. The zero-order valence-corrected chi connectivity index (χ0v) is 36.9. The van der Waals surface area contributed by atoms with Crippen LogP contribution in [0.2, 0.25) is 0 Å². The number of unbranched alkanes of at least 4 members (excludes halogenated alkanes) is 37. The molecular weight excluding hydrogens is 667 g/mol. The predicted octanol–water partition coefficient (Wildman–Crippen LogP) is 14.6. The molecule has 4 N–H and O–H groups in total. The topological polar surface area (TPSA) is 89.8 Å². The molecule has 0 saturated heterocycles. The summed E-state index contributed by atoms with van der Waals surface area (Å²) in [6.07, 6.45) is 52.4. The Morgan fingerprint density at radius 1 is 0.389 bits per heavy atom. The fourth-order valence-corrected chi connectivity index (χ4v) is 8.11. The van der Waals surface area contributed by atoms with Gasteiger partial charge in [-0.1, -0.05) is 264 Å². The minimum atomic E-state index is -0.743. The highest BCUT2D eigenvalue weighted by Crippen LogP contribution is 2.18. The van der Waals surface area contributed by atoms with Gasteiger partial charge in [0.05, 0.1) is 31.3 Å². The maximum Gasteiger partial charge on any atom is 0.222 e. The molecule has 0 saturated carbocycles. The van der Waals surface area contributed by atoms with Crippen molar-refractivity contribution >= 4 is 5.91 Å². The number of carbonyl (C=O) groups is 1. The number of hydrogen-bond acceptors (Lipinski definition) is 4. The minimum absolute atomic E-state index is 0.0431. The van der Waals surface area contributed by atoms with Crippen LogP contribution in [0.5, 0.6) is 0 Å². The van der Waals surface area contributed by atoms with E-state index >= 15 is 0 Å². The van der Waals surface area contributed by atoms with Crippen molar-refractivity contribution < 1.29 is 20.1 Å². The number of aliphatic hydroxyl groups is 3. The highest BCUT2D eigenvalue weighted by Gasteiger charge is 2.21. The molecule has 0 aliphatic carbocycles. The Balaban J connectivity index is 3.49. The standard InChI is InChI=1S/C49H99NO4/c1-3-5-7-9-11-13-15-17-19-20-21-22-23-24-25-26-27-28-29-30-32-34-36-38-40-42-46(52)44-49(54)50-47(45-51)48(53)43-41-39-37-35-33-31-18-16-14-12-10-8-6-4-2/h46-48,51-53H,3-45H2,1-2H3,(H,50,54). The normalized spacial score (nSPS) is 13.4. The summed E-state index contributed by atoms with van der Waals surface area (Å²) in [4.78, 5) is 12.5. The van der Waals surface area contributed by atoms with Crippen molar-refractivity contribution in [2.45, 2.75) is 302 Å². The molecule has 0 radical (unpaired) electrons. The molecule has 0 aromatic rings. The Bertz CT molecular complexity index is 718. The van der Waals surface area contributed by atoms with E-state index in [1.165, 1.54) is 225 Å². The maximum absolute atomic E-state index is 12.5. The average Bonchev–Trinajstić information content (AvgIpc) is 3.16. The smallest absolute Gasteiger partial charge is 0.222 e. The molecule has 0 aromatic heterocycles. The number of amides is 1. The van der Waals surface area contributed by atoms with Crippen LogP contribution < -0.4 is 5.32 Å². The van der Waals surface area contributed by atoms with Crippen LogP contribution in [0, 0.1) is 0 Å². The minimum Gasteiger partial charge on any atom is -0.394 e. The van der Waals surface area contributed by atoms with Crippen molar-refractivity contribution in [1.82, 2.24) is 5.32 Å². The van der Waals surface area contributed by atoms with Crippen LogP contribution in [0.1, 0.15) is 284 Å². The van der Waals surface area contributed by atoms with Gasteiger partial charge in [0.2, 0.25) is 5.91 Å². The van der Waals surface area contributed by atoms with Crippen LogP contribution in [0.4, 0.5) is 0 Å². The summed E-state index contributed by atoms with van der Waals surface area (Å²) in [7, 11) is 0. The van der Waals surface area contributed by atoms with Gasteiger partial charge in [-0.25, -0.2) is 0 Å². The third-order valence-electron chi connectivity index (χ3n) is 11.9. The number of nitrogens with one attached hydrogen (secondary N) is 1. The van der Waals surface area contributed by atoms with Crippen LogP contribution in [0.15, 0.2) is 0 Å². The molecule has 324 valence electrons. The van der Waals surface area contributed by atoms with Crippen LogP contribution in [0.3, 0.4) is 0 Å². The molecule has 5 nitrogen and oxygen atoms in total. The maximum atomic E-state index is 12.5. The Hall–Kier alpha value is -0.650. The van der Waals surface area contributed by atoms with E-state index < -0.39 is 18.2 Å². The van der Waals surface area contributed by atoms with Gasteiger partial charge in [0, 0.05) is 0 Å². The van der Waals surface area contributed by atoms with E-state index in [-0.39, 0.29) is 18.9 Å². The Kier molecular flexibility index (Phi) is 44.5. The van der Waals surface area contributed by atoms with Gasteiger partial charge in [0.1, 0.15) is 0 Å². The second kappa shape index (κ2) is 45.1. The Morgan fingerprint density at radius 2 is 0.630 bits per heavy atom. The summed E-state index contributed by atoms with van der Waals surface area (Å²) < 4.78 is 0. The highest BCUT2D eigenvalue weighted by molar-refractivity contribution is 5.76. The molecule has 0 bridgehead atoms. The van der Waals surface area contributed by atoms with E-state index in [9.17, 15) is 20.1 Å². The van der Waals surface area contributed by atoms with E-state index in [1.54, 1.807) is 0 Å². The monoisotopic (exact) mass is 766 g/mol. The highest BCUT2D eigenvalue weighted by atomic mass is 16.3. The molecule has 0 spiro atoms. The first-order chi connectivity index (χ1) is 26.5. The van der Waals surface area contributed by atoms with E-state index in [0.29, 0.717) is 12.8 Å². The third kappa shape index (κ3) is 41.0. The summed E-state index contributed by atoms with van der Waals surface area (Å²) in [6.45, 7) is 4.29. The zero-order chi connectivity index (χ0) is 39.4. The number of aliphatic hydroxyl groups excluding tert-OH is 3. The van der Waals surface area contributed by atoms with Crippen LogP contribution in [-0.2, 0) is 4.79 Å². The largest absolute Gasteiger partial charge is 0.394 e. The lowest BCUT2D eigenvalue weighted by molar-refractivity contribution is -0.125. The molecule has 54 heavy (non-hydrogen) atoms. The van der Waals surface area contributed by atoms with Crippen LogP contribution in [0.25, 0.3) is 0 Å². The van der Waals surface area contributed by atoms with Gasteiger partial charge in [0.15, 0.2) is 0 Å². The Morgan fingerprint density at radius 3 is 0.889 bits per heavy atom. The SMILES string of the molecule is CCCCCCCCCCCCCCCCCCCCCCCCCCCC(O)CC(=O)NC(CO)C(O)CCCCCCCCCCCCCCCC. The second-order valence-electron chi connectivity index (χ2n) is 17.4. The third-order valence-corrected chi connectivity index (χ3v) is 11.9. The summed E-state index contributed by atoms with van der Waals surface area (Å²) in [6, 6.07) is -0.652. The van der Waals surface area contributed by atoms with E-state index in [1.807, 2.05) is 0 Å². The van der Waals surface area contributed by atoms with Gasteiger partial charge in [-0.15, -0.1) is 0 Å². The summed E-state index contributed by atoms with van der Waals surface area (Å²) >= 11 is 0. The second-order valence-corrected chi connectivity index (χ2v) is 17.4. The van der Waals surface area contributed by atoms with Gasteiger partial charge in [-0.3, -0.25) is 4.79 Å². The van der Waals surface area contributed by atoms with Gasteiger partial charge < -0.3 is 20.6 Å². The fourth-order valence-electron chi connectivity index (χ4n) is 8.11. The van der Waals surface area contributed by atoms with Crippen LogP contribution in [-0.4, -0.2) is 46.1 Å². The van der Waals surface area contributed by atoms with E-state index in [4.69, 9.17) is 0 Å². The van der Waals surface area contributed by atoms with Crippen molar-refractivity contribution in [1.29, 1.82) is 0 Å². The zero-order valence-electron chi connectivity index (χ0n) is 36.9. The molecule has 3 atom stereocenters. The molecule has 0 rings (SSSR count). The van der Waals surface area contributed by atoms with Gasteiger partial charge >= 0.3 is 0 Å². The molecule has 1 amide bonds. The molecule has 0 fully saturated rings. The lowest BCUT2D eigenvalue weighted by Gasteiger charge is -2.23. The number of carbonyl (C=O) groups excluding carboxylic acids is 1. The van der Waals surface area contributed by atoms with Crippen molar-refractivity contribution in [3.63, 3.8) is 0 Å². The van der Waals surface area contributed by atoms with Crippen LogP contribution >= 0.6 is 0 Å². The first-order valence-corrected chi connectivity index (χ1v) is 24.8. The molecule has 0 aliphatic heterocycles. The quantitative estimate of drug-likeness (QED) is 0.0465. The van der Waals surface area contributed by atoms with E-state index in [2.05, 4.69) is 19.2 Å². The van der Waals surface area contributed by atoms with Crippen molar-refractivity contribution in [3.8, 4) is 0 Å². The number of hydrogen-bond donors (Lipinski definition) is 4. The lowest BCUT2D eigenvalue weighted by Crippen LogP contribution is -2.46. The summed E-state index contributed by atoms with van der Waals surface area (Å²) in [5.74, 6) is -0.277. The van der Waals surface area contributed by atoms with Crippen molar-refractivity contribution in [2.24, 2.45) is 0 Å². The van der Waals surface area contributed by atoms with Crippen molar-refractivity contribution in [2.75, 3.05) is 6.61 Å². The lowest BCUT2D eigenvalue weighted by atomic mass is 10.0. The summed E-state index contributed by atoms with van der Waals surface area (Å²) in [5, 5.41) is 33.5. The average molecular weight is 766 g/mol. The fraction of sp³-hybridized carbons (Fsp3) is 0.980. The molecule has 3 unspecified atom stereocenters. The molecule has 0 aliphatic rings. The molecule has 0 aromatic carbocycles. The first kappa shape index (κ1) is 53.4. The van der Waals surface area contributed by atoms with Gasteiger partial charge in [0.25, 0.3) is 0 Å². The molecule has 5 heteroatoms. The molecular formula is C49H99NO4. The van der Waals surface area contributed by atoms with Crippen molar-refractivity contribution in [3.05, 3.63) is 0 Å².